The molecule has 1 rings (SSSR count). The van der Waals surface area contributed by atoms with E-state index in [0.29, 0.717) is 37.9 Å². The molecule has 31 heteroatoms. The molecular formula is C48H86N16O15. The number of carboxylic acids is 1. The van der Waals surface area contributed by atoms with Gasteiger partial charge >= 0.3 is 5.97 Å². The second-order valence-corrected chi connectivity index (χ2v) is 19.8. The zero-order valence-electron chi connectivity index (χ0n) is 46.1. The van der Waals surface area contributed by atoms with Gasteiger partial charge in [-0.2, -0.15) is 0 Å². The van der Waals surface area contributed by atoms with Gasteiger partial charge in [-0.3, -0.25) is 48.1 Å². The second kappa shape index (κ2) is 35.4. The average Bonchev–Trinajstić information content (AvgIpc) is 3.89. The molecule has 79 heavy (non-hydrogen) atoms. The number of aliphatic hydroxyl groups excluding tert-OH is 4. The van der Waals surface area contributed by atoms with Gasteiger partial charge in [-0.15, -0.1) is 0 Å². The Bertz CT molecular complexity index is 2180. The Hall–Kier alpha value is -7.06. The number of aromatic amines is 1. The predicted molar refractivity (Wildman–Crippen MR) is 285 cm³/mol. The Morgan fingerprint density at radius 2 is 1.04 bits per heavy atom. The number of carbonyl (C=O) groups excluding carboxylic acids is 9. The van der Waals surface area contributed by atoms with Crippen LogP contribution in [0.1, 0.15) is 106 Å². The van der Waals surface area contributed by atoms with E-state index < -0.39 is 150 Å². The average molecular weight is 1130 g/mol. The molecule has 0 bridgehead atoms. The molecule has 448 valence electrons. The molecular weight excluding hydrogens is 1040 g/mol. The Morgan fingerprint density at radius 1 is 0.595 bits per heavy atom. The van der Waals surface area contributed by atoms with Gasteiger partial charge in [-0.25, -0.2) is 9.78 Å². The summed E-state index contributed by atoms with van der Waals surface area (Å²) >= 11 is 0. The van der Waals surface area contributed by atoms with Crippen molar-refractivity contribution in [1.29, 1.82) is 0 Å². The molecule has 0 aromatic carbocycles. The Balaban J connectivity index is 3.27. The highest BCUT2D eigenvalue weighted by molar-refractivity contribution is 5.99. The number of imidazole rings is 1. The number of hydrogen-bond donors (Lipinski definition) is 19. The van der Waals surface area contributed by atoms with Crippen molar-refractivity contribution in [2.45, 2.75) is 185 Å². The van der Waals surface area contributed by atoms with Crippen LogP contribution in [0.2, 0.25) is 0 Å². The van der Waals surface area contributed by atoms with Gasteiger partial charge in [0.1, 0.15) is 54.4 Å². The number of nitrogens with one attached hydrogen (secondary N) is 10. The molecule has 0 saturated carbocycles. The van der Waals surface area contributed by atoms with Gasteiger partial charge in [0.05, 0.1) is 37.3 Å². The summed E-state index contributed by atoms with van der Waals surface area (Å²) in [4.78, 5) is 144. The van der Waals surface area contributed by atoms with Crippen molar-refractivity contribution in [2.24, 2.45) is 39.8 Å². The van der Waals surface area contributed by atoms with Gasteiger partial charge in [0, 0.05) is 24.9 Å². The minimum atomic E-state index is -1.87. The van der Waals surface area contributed by atoms with E-state index in [1.54, 1.807) is 13.8 Å². The van der Waals surface area contributed by atoms with Gasteiger partial charge < -0.3 is 101 Å². The predicted octanol–water partition coefficient (Wildman–Crippen LogP) is -6.84. The van der Waals surface area contributed by atoms with Crippen LogP contribution < -0.4 is 70.8 Å². The first-order valence-corrected chi connectivity index (χ1v) is 26.1. The van der Waals surface area contributed by atoms with Crippen molar-refractivity contribution < 1.29 is 73.5 Å². The summed E-state index contributed by atoms with van der Waals surface area (Å²) in [7, 11) is 0. The normalized spacial score (nSPS) is 16.6. The summed E-state index contributed by atoms with van der Waals surface area (Å²) in [5.41, 5.74) is 22.7. The summed E-state index contributed by atoms with van der Waals surface area (Å²) in [5, 5.41) is 73.1. The number of H-pyrrole nitrogens is 1. The largest absolute Gasteiger partial charge is 0.480 e. The van der Waals surface area contributed by atoms with Crippen LogP contribution in [0.4, 0.5) is 0 Å². The van der Waals surface area contributed by atoms with Gasteiger partial charge in [0.15, 0.2) is 5.96 Å². The molecule has 23 N–H and O–H groups in total. The van der Waals surface area contributed by atoms with E-state index in [9.17, 15) is 73.5 Å². The molecule has 0 spiro atoms. The molecule has 0 saturated heterocycles. The first-order valence-electron chi connectivity index (χ1n) is 26.1. The zero-order valence-corrected chi connectivity index (χ0v) is 46.1. The quantitative estimate of drug-likeness (QED) is 0.0167. The fourth-order valence-corrected chi connectivity index (χ4v) is 7.55. The van der Waals surface area contributed by atoms with Crippen LogP contribution in [-0.2, 0) is 54.4 Å². The van der Waals surface area contributed by atoms with E-state index >= 15 is 0 Å². The summed E-state index contributed by atoms with van der Waals surface area (Å²) in [6, 6.07) is -15.3. The first kappa shape index (κ1) is 70.0. The summed E-state index contributed by atoms with van der Waals surface area (Å²) in [6.45, 7) is 10.8. The summed E-state index contributed by atoms with van der Waals surface area (Å²) in [6.07, 6.45) is -0.993. The zero-order chi connectivity index (χ0) is 60.3. The SMILES string of the molecule is CC[C@H](C)[C@H](NC(=O)[C@H](CCCN=C(N)N)NC(=O)[C@@H](NC(=O)[C@@H](NC(=O)[C@H](C)NC(=O)[C@H](CO)NC(=O)[C@H](Cc1cnc[nH]1)NC(=O)[C@@H](NC(=O)[C@H](CCCCN)NC(=O)[C@@H](N)CC(C)C)[C@@H](C)O)[C@@H](C)O)[C@@H](C)O)C(=O)O. The van der Waals surface area contributed by atoms with Crippen LogP contribution in [0.15, 0.2) is 17.5 Å². The molecule has 0 fully saturated rings. The highest BCUT2D eigenvalue weighted by Gasteiger charge is 2.38. The van der Waals surface area contributed by atoms with E-state index in [1.807, 2.05) is 13.8 Å². The molecule has 0 unspecified atom stereocenters. The standard InChI is InChI=1S/C48H86N16O15/c1-9-23(4)34(47(78)79)61-40(71)31(14-12-16-54-48(51)52)58-44(75)36(26(7)67)64-46(77)37(27(8)68)62-38(69)24(5)56-43(74)33(20-65)60-42(73)32(18-28-19-53-21-55-28)59-45(76)35(25(6)66)63-41(72)30(13-10-11-15-49)57-39(70)29(50)17-22(2)3/h19,21-27,29-37,65-68H,9-18,20,49-50H2,1-8H3,(H,53,55)(H,56,74)(H,57,70)(H,58,75)(H,59,76)(H,60,73)(H,61,71)(H,62,69)(H,63,72)(H,64,77)(H,78,79)(H4,51,52,54)/t23-,24-,25+,26+,27+,29-,30-,31-,32-,33-,34-,35-,36-,37-/m0/s1. The third kappa shape index (κ3) is 25.1. The number of nitrogens with zero attached hydrogens (tertiary/aromatic N) is 2. The van der Waals surface area contributed by atoms with Crippen LogP contribution >= 0.6 is 0 Å². The van der Waals surface area contributed by atoms with Crippen LogP contribution in [0.5, 0.6) is 0 Å². The number of aliphatic imine (C=N–C) groups is 1. The summed E-state index contributed by atoms with van der Waals surface area (Å²) < 4.78 is 0. The van der Waals surface area contributed by atoms with Crippen molar-refractivity contribution in [3.8, 4) is 0 Å². The molecule has 0 radical (unpaired) electrons. The van der Waals surface area contributed by atoms with Crippen LogP contribution in [0.3, 0.4) is 0 Å². The summed E-state index contributed by atoms with van der Waals surface area (Å²) in [5.74, 6) is -11.2. The highest BCUT2D eigenvalue weighted by Crippen LogP contribution is 2.12. The van der Waals surface area contributed by atoms with Crippen molar-refractivity contribution in [3.63, 3.8) is 0 Å². The molecule has 9 amide bonds. The van der Waals surface area contributed by atoms with E-state index in [2.05, 4.69) is 62.8 Å². The van der Waals surface area contributed by atoms with E-state index in [-0.39, 0.29) is 44.1 Å². The van der Waals surface area contributed by atoms with Gasteiger partial charge in [0.2, 0.25) is 53.2 Å². The number of nitrogens with two attached hydrogens (primary N) is 4. The lowest BCUT2D eigenvalue weighted by Crippen LogP contribution is -2.63. The number of carbonyl (C=O) groups is 10. The minimum Gasteiger partial charge on any atom is -0.480 e. The Morgan fingerprint density at radius 3 is 1.49 bits per heavy atom. The van der Waals surface area contributed by atoms with Crippen LogP contribution in [0.25, 0.3) is 0 Å². The van der Waals surface area contributed by atoms with Gasteiger partial charge in [-0.1, -0.05) is 34.1 Å². The van der Waals surface area contributed by atoms with Crippen molar-refractivity contribution >= 4 is 65.1 Å². The first-order chi connectivity index (χ1) is 37.0. The Kier molecular flexibility index (Phi) is 31.4. The fourth-order valence-electron chi connectivity index (χ4n) is 7.55. The van der Waals surface area contributed by atoms with E-state index in [4.69, 9.17) is 22.9 Å². The maximum absolute atomic E-state index is 13.9. The van der Waals surface area contributed by atoms with Crippen LogP contribution in [0, 0.1) is 11.8 Å². The number of rotatable bonds is 37. The number of aliphatic hydroxyl groups is 4. The molecule has 14 atom stereocenters. The third-order valence-electron chi connectivity index (χ3n) is 12.4. The minimum absolute atomic E-state index is 0.0108. The van der Waals surface area contributed by atoms with Crippen molar-refractivity contribution in [1.82, 2.24) is 57.8 Å². The van der Waals surface area contributed by atoms with Crippen LogP contribution in [-0.4, -0.2) is 199 Å². The number of aromatic nitrogens is 2. The molecule has 1 heterocycles. The Labute approximate surface area is 458 Å². The van der Waals surface area contributed by atoms with Crippen molar-refractivity contribution in [2.75, 3.05) is 19.7 Å². The smallest absolute Gasteiger partial charge is 0.326 e. The van der Waals surface area contributed by atoms with E-state index in [0.717, 1.165) is 20.8 Å². The highest BCUT2D eigenvalue weighted by atomic mass is 16.4. The second-order valence-electron chi connectivity index (χ2n) is 19.8. The molecule has 0 aliphatic rings. The van der Waals surface area contributed by atoms with Gasteiger partial charge in [-0.05, 0) is 84.6 Å². The number of hydrogen-bond acceptors (Lipinski definition) is 18. The lowest BCUT2D eigenvalue weighted by Gasteiger charge is -2.29. The molecule has 1 aromatic heterocycles. The number of carboxylic acid groups (broad SMARTS) is 1. The molecule has 0 aliphatic heterocycles. The topological polar surface area (TPSA) is 525 Å². The number of guanidine groups is 1. The van der Waals surface area contributed by atoms with E-state index in [1.165, 1.54) is 19.4 Å². The van der Waals surface area contributed by atoms with Crippen molar-refractivity contribution in [3.05, 3.63) is 18.2 Å². The lowest BCUT2D eigenvalue weighted by molar-refractivity contribution is -0.144. The molecule has 1 aromatic rings. The maximum Gasteiger partial charge on any atom is 0.326 e. The number of amides is 9. The molecule has 31 nitrogen and oxygen atoms in total. The third-order valence-corrected chi connectivity index (χ3v) is 12.4. The van der Waals surface area contributed by atoms with Gasteiger partial charge in [0.25, 0.3) is 0 Å². The maximum atomic E-state index is 13.9. The number of aliphatic carboxylic acids is 1. The molecule has 0 aliphatic carbocycles. The monoisotopic (exact) mass is 1130 g/mol. The fraction of sp³-hybridized carbons (Fsp3) is 0.708. The number of unbranched alkanes of at least 4 members (excludes halogenated alkanes) is 1. The lowest BCUT2D eigenvalue weighted by atomic mass is 9.98.